The van der Waals surface area contributed by atoms with Crippen molar-refractivity contribution in [3.63, 3.8) is 0 Å². The van der Waals surface area contributed by atoms with E-state index in [1.807, 2.05) is 0 Å². The molecular formula is C19H16N2O8. The van der Waals surface area contributed by atoms with E-state index in [0.717, 1.165) is 4.90 Å². The minimum atomic E-state index is -1.11. The standard InChI is InChI=1S/C19H16N2O8/c1-27-18(25)15-6-5-13(29-15)9-21-17(24)14(20-19(21)26)8-11-3-2-4-12(7-11)28-10-16(22)23/h2-8H,9-10H2,1H3,(H,20,26)(H,22,23)/b14-8-. The Hall–Kier alpha value is -4.08. The van der Waals surface area contributed by atoms with Crippen molar-refractivity contribution in [3.8, 4) is 5.75 Å². The van der Waals surface area contributed by atoms with Gasteiger partial charge in [0.2, 0.25) is 5.76 Å². The fourth-order valence-electron chi connectivity index (χ4n) is 2.55. The molecule has 2 N–H and O–H groups in total. The quantitative estimate of drug-likeness (QED) is 0.407. The largest absolute Gasteiger partial charge is 0.482 e. The smallest absolute Gasteiger partial charge is 0.373 e. The van der Waals surface area contributed by atoms with Crippen LogP contribution in [-0.4, -0.2) is 47.6 Å². The molecule has 0 saturated carbocycles. The predicted molar refractivity (Wildman–Crippen MR) is 96.7 cm³/mol. The molecule has 0 bridgehead atoms. The number of ether oxygens (including phenoxy) is 2. The van der Waals surface area contributed by atoms with Gasteiger partial charge in [0.05, 0.1) is 13.7 Å². The van der Waals surface area contributed by atoms with Gasteiger partial charge < -0.3 is 24.3 Å². The van der Waals surface area contributed by atoms with Crippen molar-refractivity contribution >= 4 is 30.0 Å². The summed E-state index contributed by atoms with van der Waals surface area (Å²) >= 11 is 0. The summed E-state index contributed by atoms with van der Waals surface area (Å²) in [4.78, 5) is 47.7. The number of aliphatic carboxylic acids is 1. The zero-order valence-electron chi connectivity index (χ0n) is 15.2. The van der Waals surface area contributed by atoms with Gasteiger partial charge in [0.25, 0.3) is 5.91 Å². The lowest BCUT2D eigenvalue weighted by atomic mass is 10.2. The first-order valence-corrected chi connectivity index (χ1v) is 8.33. The number of carbonyl (C=O) groups excluding carboxylic acids is 3. The zero-order valence-corrected chi connectivity index (χ0v) is 15.2. The van der Waals surface area contributed by atoms with E-state index in [1.54, 1.807) is 18.2 Å². The maximum atomic E-state index is 12.6. The molecule has 0 aliphatic carbocycles. The Labute approximate surface area is 164 Å². The molecule has 10 heteroatoms. The van der Waals surface area contributed by atoms with Crippen LogP contribution in [0.15, 0.2) is 46.5 Å². The first-order chi connectivity index (χ1) is 13.9. The molecule has 29 heavy (non-hydrogen) atoms. The average Bonchev–Trinajstić information content (AvgIpc) is 3.27. The number of methoxy groups -OCH3 is 1. The number of carboxylic acids is 1. The fourth-order valence-corrected chi connectivity index (χ4v) is 2.55. The van der Waals surface area contributed by atoms with E-state index in [9.17, 15) is 19.2 Å². The second kappa shape index (κ2) is 8.30. The number of rotatable bonds is 7. The van der Waals surface area contributed by atoms with Crippen LogP contribution >= 0.6 is 0 Å². The van der Waals surface area contributed by atoms with Gasteiger partial charge in [0.15, 0.2) is 6.61 Å². The Kier molecular flexibility index (Phi) is 5.63. The highest BCUT2D eigenvalue weighted by atomic mass is 16.5. The van der Waals surface area contributed by atoms with Gasteiger partial charge in [0.1, 0.15) is 17.2 Å². The molecule has 0 atom stereocenters. The van der Waals surface area contributed by atoms with Gasteiger partial charge in [-0.25, -0.2) is 14.4 Å². The van der Waals surface area contributed by atoms with Crippen molar-refractivity contribution in [1.82, 2.24) is 10.2 Å². The van der Waals surface area contributed by atoms with E-state index in [0.29, 0.717) is 11.3 Å². The average molecular weight is 400 g/mol. The van der Waals surface area contributed by atoms with Crippen LogP contribution in [0, 0.1) is 0 Å². The summed E-state index contributed by atoms with van der Waals surface area (Å²) in [5, 5.41) is 11.1. The molecule has 0 spiro atoms. The summed E-state index contributed by atoms with van der Waals surface area (Å²) in [5.74, 6) is -1.86. The third kappa shape index (κ3) is 4.61. The van der Waals surface area contributed by atoms with E-state index in [-0.39, 0.29) is 23.8 Å². The number of nitrogens with one attached hydrogen (secondary N) is 1. The molecule has 0 radical (unpaired) electrons. The van der Waals surface area contributed by atoms with E-state index >= 15 is 0 Å². The van der Waals surface area contributed by atoms with Crippen LogP contribution in [0.25, 0.3) is 6.08 Å². The highest BCUT2D eigenvalue weighted by Crippen LogP contribution is 2.20. The number of esters is 1. The van der Waals surface area contributed by atoms with Gasteiger partial charge in [-0.3, -0.25) is 9.69 Å². The first kappa shape index (κ1) is 19.7. The van der Waals surface area contributed by atoms with Gasteiger partial charge >= 0.3 is 18.0 Å². The Morgan fingerprint density at radius 1 is 1.24 bits per heavy atom. The maximum absolute atomic E-state index is 12.6. The molecule has 1 saturated heterocycles. The number of hydrogen-bond donors (Lipinski definition) is 2. The van der Waals surface area contributed by atoms with Gasteiger partial charge in [0, 0.05) is 0 Å². The Balaban J connectivity index is 1.73. The number of carboxylic acid groups (broad SMARTS) is 1. The summed E-state index contributed by atoms with van der Waals surface area (Å²) in [7, 11) is 1.21. The van der Waals surface area contributed by atoms with Crippen LogP contribution in [0.1, 0.15) is 21.9 Å². The molecule has 1 aliphatic rings. The lowest BCUT2D eigenvalue weighted by molar-refractivity contribution is -0.139. The van der Waals surface area contributed by atoms with E-state index < -0.39 is 30.5 Å². The summed E-state index contributed by atoms with van der Waals surface area (Å²) in [6.07, 6.45) is 1.44. The monoisotopic (exact) mass is 400 g/mol. The van der Waals surface area contributed by atoms with Crippen LogP contribution < -0.4 is 10.1 Å². The summed E-state index contributed by atoms with van der Waals surface area (Å²) < 4.78 is 14.9. The number of urea groups is 1. The summed E-state index contributed by atoms with van der Waals surface area (Å²) in [6, 6.07) is 8.61. The molecule has 1 fully saturated rings. The zero-order chi connectivity index (χ0) is 21.0. The normalized spacial score (nSPS) is 14.8. The number of hydrogen-bond acceptors (Lipinski definition) is 7. The lowest BCUT2D eigenvalue weighted by Gasteiger charge is -2.09. The van der Waals surface area contributed by atoms with Gasteiger partial charge in [-0.05, 0) is 35.9 Å². The van der Waals surface area contributed by atoms with Crippen LogP contribution in [0.3, 0.4) is 0 Å². The van der Waals surface area contributed by atoms with E-state index in [4.69, 9.17) is 14.3 Å². The molecule has 10 nitrogen and oxygen atoms in total. The molecular weight excluding hydrogens is 384 g/mol. The summed E-state index contributed by atoms with van der Waals surface area (Å²) in [6.45, 7) is -0.666. The summed E-state index contributed by atoms with van der Waals surface area (Å²) in [5.41, 5.74) is 0.564. The molecule has 1 aromatic heterocycles. The Bertz CT molecular complexity index is 1010. The number of furan rings is 1. The highest BCUT2D eigenvalue weighted by molar-refractivity contribution is 6.13. The van der Waals surface area contributed by atoms with E-state index in [2.05, 4.69) is 10.1 Å². The second-order valence-electron chi connectivity index (χ2n) is 5.89. The molecule has 1 aromatic carbocycles. The van der Waals surface area contributed by atoms with Gasteiger partial charge in [-0.15, -0.1) is 0 Å². The molecule has 0 unspecified atom stereocenters. The van der Waals surface area contributed by atoms with Crippen LogP contribution in [0.2, 0.25) is 0 Å². The maximum Gasteiger partial charge on any atom is 0.373 e. The van der Waals surface area contributed by atoms with Gasteiger partial charge in [-0.2, -0.15) is 0 Å². The molecule has 3 amide bonds. The van der Waals surface area contributed by atoms with Crippen LogP contribution in [-0.2, 0) is 20.9 Å². The number of amides is 3. The molecule has 2 heterocycles. The van der Waals surface area contributed by atoms with Crippen molar-refractivity contribution in [3.05, 3.63) is 59.2 Å². The Morgan fingerprint density at radius 2 is 2.03 bits per heavy atom. The topological polar surface area (TPSA) is 135 Å². The van der Waals surface area contributed by atoms with Crippen LogP contribution in [0.4, 0.5) is 4.79 Å². The minimum Gasteiger partial charge on any atom is -0.482 e. The SMILES string of the molecule is COC(=O)c1ccc(CN2C(=O)N/C(=C\c3cccc(OCC(=O)O)c3)C2=O)o1. The number of nitrogens with zero attached hydrogens (tertiary/aromatic N) is 1. The third-order valence-corrected chi connectivity index (χ3v) is 3.86. The number of carbonyl (C=O) groups is 4. The molecule has 1 aliphatic heterocycles. The van der Waals surface area contributed by atoms with Gasteiger partial charge in [-0.1, -0.05) is 12.1 Å². The molecule has 150 valence electrons. The second-order valence-corrected chi connectivity index (χ2v) is 5.89. The predicted octanol–water partition coefficient (Wildman–Crippen LogP) is 1.62. The molecule has 3 rings (SSSR count). The highest BCUT2D eigenvalue weighted by Gasteiger charge is 2.34. The first-order valence-electron chi connectivity index (χ1n) is 8.33. The third-order valence-electron chi connectivity index (χ3n) is 3.86. The number of imide groups is 1. The lowest BCUT2D eigenvalue weighted by Crippen LogP contribution is -2.30. The van der Waals surface area contributed by atoms with Crippen LogP contribution in [0.5, 0.6) is 5.75 Å². The van der Waals surface area contributed by atoms with Crippen molar-refractivity contribution in [2.24, 2.45) is 0 Å². The van der Waals surface area contributed by atoms with Crippen molar-refractivity contribution in [2.75, 3.05) is 13.7 Å². The van der Waals surface area contributed by atoms with Crippen molar-refractivity contribution < 1.29 is 38.2 Å². The fraction of sp³-hybridized carbons (Fsp3) is 0.158. The minimum absolute atomic E-state index is 0.0325. The Morgan fingerprint density at radius 3 is 2.76 bits per heavy atom. The van der Waals surface area contributed by atoms with Crippen molar-refractivity contribution in [1.29, 1.82) is 0 Å². The van der Waals surface area contributed by atoms with Crippen molar-refractivity contribution in [2.45, 2.75) is 6.54 Å². The van der Waals surface area contributed by atoms with E-state index in [1.165, 1.54) is 31.4 Å². The molecule has 2 aromatic rings. The number of benzene rings is 1.